The number of hydrogen-bond donors (Lipinski definition) is 5. The number of amides is 3. The van der Waals surface area contributed by atoms with Crippen LogP contribution < -0.4 is 10.6 Å². The number of nitrogens with zero attached hydrogens (tertiary/aromatic N) is 4. The fourth-order valence-electron chi connectivity index (χ4n) is 7.87. The number of thiophene rings is 1. The highest BCUT2D eigenvalue weighted by atomic mass is 32.1. The molecule has 0 saturated carbocycles. The Bertz CT molecular complexity index is 2180. The zero-order chi connectivity index (χ0) is 39.0. The average Bonchev–Trinajstić information content (AvgIpc) is 4.02. The standard InChI is InChI=1S/C40H50N8O6S/c1-21(2)33(45-39(51)53-5)37(49)47-15-7-9-29(47)35-41-19-27(43-35)23-11-13-25-26-14-12-24(18-32(26)55-31(25)17-23)28-20-42-36(44-28)30-10-8-16-48(30)38(50)34(22(3)4)46-40(52)54-6/h11-14,17-22,29-30,33-34,39,45,51H,7-10,15-16H2,1-6H3,(H,41,43)(H,42,44)(H,46,52)/t29-,30-,33-,34-,39?/m0/s1. The Morgan fingerprint density at radius 3 is 1.75 bits per heavy atom. The first-order valence-corrected chi connectivity index (χ1v) is 19.8. The number of carbonyl (C=O) groups is 3. The lowest BCUT2D eigenvalue weighted by molar-refractivity contribution is -0.145. The van der Waals surface area contributed by atoms with E-state index >= 15 is 0 Å². The third kappa shape index (κ3) is 7.70. The molecule has 7 rings (SSSR count). The molecule has 2 fully saturated rings. The summed E-state index contributed by atoms with van der Waals surface area (Å²) in [4.78, 5) is 59.4. The number of likely N-dealkylation sites (tertiary alicyclic amines) is 2. The van der Waals surface area contributed by atoms with E-state index in [2.05, 4.69) is 57.0 Å². The molecule has 0 spiro atoms. The van der Waals surface area contributed by atoms with E-state index in [0.717, 1.165) is 74.6 Å². The van der Waals surface area contributed by atoms with Crippen molar-refractivity contribution in [3.8, 4) is 22.5 Å². The number of aliphatic hydroxyl groups is 1. The van der Waals surface area contributed by atoms with Crippen molar-refractivity contribution in [1.82, 2.24) is 40.4 Å². The Balaban J connectivity index is 1.09. The van der Waals surface area contributed by atoms with Crippen LogP contribution in [0.5, 0.6) is 0 Å². The molecule has 2 aliphatic heterocycles. The Hall–Kier alpha value is -4.83. The van der Waals surface area contributed by atoms with E-state index in [1.54, 1.807) is 11.3 Å². The molecule has 3 aromatic heterocycles. The monoisotopic (exact) mass is 770 g/mol. The molecular formula is C40H50N8O6S. The smallest absolute Gasteiger partial charge is 0.407 e. The van der Waals surface area contributed by atoms with Gasteiger partial charge in [0.2, 0.25) is 18.2 Å². The zero-order valence-corrected chi connectivity index (χ0v) is 32.9. The number of hydrogen-bond acceptors (Lipinski definition) is 10. The van der Waals surface area contributed by atoms with Crippen LogP contribution in [0.2, 0.25) is 0 Å². The molecule has 2 aliphatic rings. The molecule has 2 aromatic carbocycles. The largest absolute Gasteiger partial charge is 0.453 e. The molecule has 3 amide bonds. The minimum atomic E-state index is -1.23. The number of methoxy groups -OCH3 is 2. The molecule has 5 N–H and O–H groups in total. The Labute approximate surface area is 324 Å². The maximum Gasteiger partial charge on any atom is 0.407 e. The molecule has 15 heteroatoms. The van der Waals surface area contributed by atoms with Gasteiger partial charge < -0.3 is 39.7 Å². The van der Waals surface area contributed by atoms with Crippen LogP contribution in [0.1, 0.15) is 77.1 Å². The number of nitrogens with one attached hydrogen (secondary N) is 4. The lowest BCUT2D eigenvalue weighted by Crippen LogP contribution is -2.52. The highest BCUT2D eigenvalue weighted by Crippen LogP contribution is 2.40. The molecule has 5 aromatic rings. The molecular weight excluding hydrogens is 721 g/mol. The summed E-state index contributed by atoms with van der Waals surface area (Å²) in [5.74, 6) is 1.11. The first kappa shape index (κ1) is 38.4. The number of H-pyrrole nitrogens is 2. The quantitative estimate of drug-likeness (QED) is 0.0942. The van der Waals surface area contributed by atoms with Crippen LogP contribution in [0.3, 0.4) is 0 Å². The molecule has 14 nitrogen and oxygen atoms in total. The minimum Gasteiger partial charge on any atom is -0.453 e. The van der Waals surface area contributed by atoms with Crippen molar-refractivity contribution in [3.05, 3.63) is 60.4 Å². The van der Waals surface area contributed by atoms with Crippen LogP contribution in [0.15, 0.2) is 48.8 Å². The van der Waals surface area contributed by atoms with Crippen LogP contribution >= 0.6 is 11.3 Å². The predicted molar refractivity (Wildman–Crippen MR) is 211 cm³/mol. The van der Waals surface area contributed by atoms with Gasteiger partial charge in [0.25, 0.3) is 0 Å². The van der Waals surface area contributed by atoms with Crippen molar-refractivity contribution in [3.63, 3.8) is 0 Å². The van der Waals surface area contributed by atoms with Crippen molar-refractivity contribution in [2.45, 2.75) is 84.0 Å². The van der Waals surface area contributed by atoms with Crippen LogP contribution in [-0.2, 0) is 19.1 Å². The van der Waals surface area contributed by atoms with Crippen molar-refractivity contribution < 1.29 is 29.0 Å². The van der Waals surface area contributed by atoms with Crippen molar-refractivity contribution in [1.29, 1.82) is 0 Å². The van der Waals surface area contributed by atoms with Crippen molar-refractivity contribution in [2.75, 3.05) is 27.3 Å². The summed E-state index contributed by atoms with van der Waals surface area (Å²) in [6.07, 6.45) is 5.11. The highest BCUT2D eigenvalue weighted by molar-refractivity contribution is 7.25. The highest BCUT2D eigenvalue weighted by Gasteiger charge is 2.39. The molecule has 1 unspecified atom stereocenters. The SMILES string of the molecule is COC(=O)N[C@H](C(=O)N1CCC[C@H]1c1ncc(-c2ccc3c(c2)sc2cc(-c4cnc([C@@H]5CCCN5C(=O)[C@@H](NC(O)OC)C(C)C)[nH]4)ccc23)[nH]1)C(C)C. The molecule has 5 heterocycles. The second-order valence-corrected chi connectivity index (χ2v) is 16.2. The van der Waals surface area contributed by atoms with Gasteiger partial charge in [-0.2, -0.15) is 0 Å². The molecule has 5 atom stereocenters. The number of imidazole rings is 2. The molecule has 292 valence electrons. The summed E-state index contributed by atoms with van der Waals surface area (Å²) in [5, 5.41) is 18.0. The van der Waals surface area contributed by atoms with Crippen LogP contribution in [0.4, 0.5) is 4.79 Å². The first-order valence-electron chi connectivity index (χ1n) is 19.0. The maximum absolute atomic E-state index is 13.6. The number of aromatic nitrogens is 4. The number of ether oxygens (including phenoxy) is 2. The fraction of sp³-hybridized carbons (Fsp3) is 0.475. The summed E-state index contributed by atoms with van der Waals surface area (Å²) in [5.41, 5.74) is 3.76. The van der Waals surface area contributed by atoms with E-state index < -0.39 is 24.6 Å². The zero-order valence-electron chi connectivity index (χ0n) is 32.1. The number of rotatable bonds is 12. The summed E-state index contributed by atoms with van der Waals surface area (Å²) in [6, 6.07) is 11.2. The van der Waals surface area contributed by atoms with Crippen LogP contribution in [0, 0.1) is 11.8 Å². The molecule has 0 bridgehead atoms. The lowest BCUT2D eigenvalue weighted by atomic mass is 10.0. The van der Waals surface area contributed by atoms with E-state index in [1.165, 1.54) is 19.6 Å². The third-order valence-corrected chi connectivity index (χ3v) is 12.0. The molecule has 0 radical (unpaired) electrons. The van der Waals surface area contributed by atoms with E-state index in [9.17, 15) is 19.5 Å². The van der Waals surface area contributed by atoms with Crippen molar-refractivity contribution >= 4 is 49.4 Å². The normalized spacial score (nSPS) is 19.1. The van der Waals surface area contributed by atoms with Gasteiger partial charge in [-0.3, -0.25) is 14.9 Å². The number of carbonyl (C=O) groups excluding carboxylic acids is 3. The second kappa shape index (κ2) is 16.1. The van der Waals surface area contributed by atoms with Gasteiger partial charge in [-0.15, -0.1) is 11.3 Å². The van der Waals surface area contributed by atoms with Gasteiger partial charge in [0.15, 0.2) is 0 Å². The second-order valence-electron chi connectivity index (χ2n) is 15.1. The van der Waals surface area contributed by atoms with E-state index in [-0.39, 0.29) is 35.7 Å². The van der Waals surface area contributed by atoms with Gasteiger partial charge in [0.05, 0.1) is 49.0 Å². The predicted octanol–water partition coefficient (Wildman–Crippen LogP) is 6.08. The minimum absolute atomic E-state index is 0.0474. The van der Waals surface area contributed by atoms with E-state index in [1.807, 2.05) is 49.9 Å². The Morgan fingerprint density at radius 2 is 1.29 bits per heavy atom. The Kier molecular flexibility index (Phi) is 11.3. The lowest BCUT2D eigenvalue weighted by Gasteiger charge is -2.31. The first-order chi connectivity index (χ1) is 26.5. The molecule has 2 saturated heterocycles. The van der Waals surface area contributed by atoms with Gasteiger partial charge in [0.1, 0.15) is 17.7 Å². The van der Waals surface area contributed by atoms with Gasteiger partial charge in [-0.1, -0.05) is 52.0 Å². The number of benzene rings is 2. The van der Waals surface area contributed by atoms with Gasteiger partial charge in [0, 0.05) is 51.5 Å². The molecule has 55 heavy (non-hydrogen) atoms. The summed E-state index contributed by atoms with van der Waals surface area (Å²) < 4.78 is 12.0. The van der Waals surface area contributed by atoms with E-state index in [0.29, 0.717) is 13.1 Å². The van der Waals surface area contributed by atoms with Crippen molar-refractivity contribution in [2.24, 2.45) is 11.8 Å². The third-order valence-electron chi connectivity index (χ3n) is 10.9. The summed E-state index contributed by atoms with van der Waals surface area (Å²) >= 11 is 1.72. The molecule has 0 aliphatic carbocycles. The number of fused-ring (bicyclic) bond motifs is 3. The summed E-state index contributed by atoms with van der Waals surface area (Å²) in [7, 11) is 2.68. The average molecular weight is 771 g/mol. The van der Waals surface area contributed by atoms with E-state index in [4.69, 9.17) is 19.4 Å². The van der Waals surface area contributed by atoms with Gasteiger partial charge in [-0.05, 0) is 49.7 Å². The number of alkyl carbamates (subject to hydrolysis) is 1. The summed E-state index contributed by atoms with van der Waals surface area (Å²) in [6.45, 7) is 8.91. The maximum atomic E-state index is 13.6. The topological polar surface area (TPSA) is 178 Å². The Morgan fingerprint density at radius 1 is 0.800 bits per heavy atom. The fourth-order valence-corrected chi connectivity index (χ4v) is 9.06. The number of aliphatic hydroxyl groups excluding tert-OH is 1. The van der Waals surface area contributed by atoms with Crippen LogP contribution in [0.25, 0.3) is 42.7 Å². The van der Waals surface area contributed by atoms with Crippen LogP contribution in [-0.4, -0.2) is 98.6 Å². The van der Waals surface area contributed by atoms with Gasteiger partial charge in [-0.25, -0.2) is 14.8 Å². The van der Waals surface area contributed by atoms with Gasteiger partial charge >= 0.3 is 6.09 Å². The number of aromatic amines is 2.